The van der Waals surface area contributed by atoms with E-state index in [4.69, 9.17) is 0 Å². The van der Waals surface area contributed by atoms with Crippen molar-refractivity contribution < 1.29 is 4.79 Å². The summed E-state index contributed by atoms with van der Waals surface area (Å²) in [6.07, 6.45) is 3.65. The van der Waals surface area contributed by atoms with E-state index in [1.165, 1.54) is 30.8 Å². The Bertz CT molecular complexity index is 906. The predicted octanol–water partition coefficient (Wildman–Crippen LogP) is 4.84. The highest BCUT2D eigenvalue weighted by Gasteiger charge is 2.16. The molecule has 1 aliphatic heterocycles. The summed E-state index contributed by atoms with van der Waals surface area (Å²) >= 11 is 1.17. The van der Waals surface area contributed by atoms with Crippen molar-refractivity contribution in [1.29, 1.82) is 0 Å². The minimum absolute atomic E-state index is 0.310. The van der Waals surface area contributed by atoms with E-state index in [0.29, 0.717) is 11.0 Å². The van der Waals surface area contributed by atoms with Gasteiger partial charge in [0.05, 0.1) is 11.4 Å². The number of carbonyl (C=O) groups is 1. The standard InChI is InChI=1S/C20H21N5OS/c26-19(23-20-22-18(24-27-20)15-9-3-1-4-10-15)21-16-11-5-6-12-17(16)25-13-7-2-8-14-25/h1,3-6,9-12H,2,7-8,13-14H2,(H2,21,22,23,24,26). The fourth-order valence-electron chi connectivity index (χ4n) is 3.22. The summed E-state index contributed by atoms with van der Waals surface area (Å²) in [6.45, 7) is 2.05. The van der Waals surface area contributed by atoms with E-state index >= 15 is 0 Å². The number of piperidine rings is 1. The molecule has 0 bridgehead atoms. The second-order valence-electron chi connectivity index (χ2n) is 6.43. The van der Waals surface area contributed by atoms with Gasteiger partial charge in [-0.2, -0.15) is 9.36 Å². The van der Waals surface area contributed by atoms with Crippen LogP contribution in [0.1, 0.15) is 19.3 Å². The van der Waals surface area contributed by atoms with Gasteiger partial charge in [-0.25, -0.2) is 4.79 Å². The Kier molecular flexibility index (Phi) is 5.29. The Morgan fingerprint density at radius 2 is 1.67 bits per heavy atom. The van der Waals surface area contributed by atoms with E-state index in [0.717, 1.165) is 30.0 Å². The molecule has 3 aromatic rings. The van der Waals surface area contributed by atoms with Crippen molar-refractivity contribution in [2.45, 2.75) is 19.3 Å². The minimum atomic E-state index is -0.310. The largest absolute Gasteiger partial charge is 0.370 e. The van der Waals surface area contributed by atoms with Gasteiger partial charge in [0.1, 0.15) is 0 Å². The molecule has 138 valence electrons. The Hall–Kier alpha value is -2.93. The van der Waals surface area contributed by atoms with E-state index in [-0.39, 0.29) is 6.03 Å². The molecule has 6 nitrogen and oxygen atoms in total. The molecule has 1 aromatic heterocycles. The Morgan fingerprint density at radius 1 is 0.926 bits per heavy atom. The molecule has 2 amide bonds. The highest BCUT2D eigenvalue weighted by Crippen LogP contribution is 2.28. The quantitative estimate of drug-likeness (QED) is 0.680. The second-order valence-corrected chi connectivity index (χ2v) is 7.18. The lowest BCUT2D eigenvalue weighted by molar-refractivity contribution is 0.262. The number of benzene rings is 2. The summed E-state index contributed by atoms with van der Waals surface area (Å²) < 4.78 is 4.32. The number of nitrogens with zero attached hydrogens (tertiary/aromatic N) is 3. The zero-order valence-corrected chi connectivity index (χ0v) is 15.7. The third-order valence-electron chi connectivity index (χ3n) is 4.53. The highest BCUT2D eigenvalue weighted by atomic mass is 32.1. The number of urea groups is 1. The van der Waals surface area contributed by atoms with Crippen LogP contribution in [-0.2, 0) is 0 Å². The molecule has 4 rings (SSSR count). The third kappa shape index (κ3) is 4.25. The number of amides is 2. The summed E-state index contributed by atoms with van der Waals surface area (Å²) in [7, 11) is 0. The first-order valence-electron chi connectivity index (χ1n) is 9.11. The third-order valence-corrected chi connectivity index (χ3v) is 5.16. The van der Waals surface area contributed by atoms with E-state index in [9.17, 15) is 4.79 Å². The maximum absolute atomic E-state index is 12.5. The van der Waals surface area contributed by atoms with Crippen molar-refractivity contribution in [3.05, 3.63) is 54.6 Å². The van der Waals surface area contributed by atoms with Crippen molar-refractivity contribution in [2.75, 3.05) is 28.6 Å². The van der Waals surface area contributed by atoms with Crippen LogP contribution in [-0.4, -0.2) is 28.5 Å². The molecule has 1 fully saturated rings. The number of carbonyl (C=O) groups excluding carboxylic acids is 1. The lowest BCUT2D eigenvalue weighted by Gasteiger charge is -2.30. The molecular formula is C20H21N5OS. The van der Waals surface area contributed by atoms with Gasteiger partial charge in [-0.05, 0) is 31.4 Å². The number of aromatic nitrogens is 2. The number of hydrogen-bond acceptors (Lipinski definition) is 5. The zero-order chi connectivity index (χ0) is 18.5. The van der Waals surface area contributed by atoms with Gasteiger partial charge in [-0.1, -0.05) is 42.5 Å². The molecule has 0 radical (unpaired) electrons. The van der Waals surface area contributed by atoms with E-state index in [1.54, 1.807) is 0 Å². The van der Waals surface area contributed by atoms with Gasteiger partial charge in [-0.15, -0.1) is 0 Å². The van der Waals surface area contributed by atoms with Crippen LogP contribution in [0.3, 0.4) is 0 Å². The number of rotatable bonds is 4. The van der Waals surface area contributed by atoms with Crippen molar-refractivity contribution in [1.82, 2.24) is 9.36 Å². The number of para-hydroxylation sites is 2. The molecular weight excluding hydrogens is 358 g/mol. The van der Waals surface area contributed by atoms with E-state index in [1.807, 2.05) is 48.5 Å². The van der Waals surface area contributed by atoms with Crippen LogP contribution in [0.2, 0.25) is 0 Å². The molecule has 0 aliphatic carbocycles. The molecule has 2 N–H and O–H groups in total. The average Bonchev–Trinajstić information content (AvgIpc) is 3.18. The monoisotopic (exact) mass is 379 g/mol. The van der Waals surface area contributed by atoms with Gasteiger partial charge in [0.2, 0.25) is 5.13 Å². The molecule has 7 heteroatoms. The maximum Gasteiger partial charge on any atom is 0.325 e. The maximum atomic E-state index is 12.5. The molecule has 2 aromatic carbocycles. The first-order chi connectivity index (χ1) is 13.3. The summed E-state index contributed by atoms with van der Waals surface area (Å²) in [6, 6.07) is 17.3. The molecule has 27 heavy (non-hydrogen) atoms. The molecule has 2 heterocycles. The Morgan fingerprint density at radius 3 is 2.48 bits per heavy atom. The highest BCUT2D eigenvalue weighted by molar-refractivity contribution is 7.10. The van der Waals surface area contributed by atoms with Gasteiger partial charge >= 0.3 is 6.03 Å². The van der Waals surface area contributed by atoms with Gasteiger partial charge in [0, 0.05) is 30.2 Å². The van der Waals surface area contributed by atoms with Gasteiger partial charge in [-0.3, -0.25) is 5.32 Å². The number of hydrogen-bond donors (Lipinski definition) is 2. The lowest BCUT2D eigenvalue weighted by Crippen LogP contribution is -2.30. The Labute approximate surface area is 162 Å². The van der Waals surface area contributed by atoms with Gasteiger partial charge in [0.15, 0.2) is 5.82 Å². The predicted molar refractivity (Wildman–Crippen MR) is 110 cm³/mol. The molecule has 1 aliphatic rings. The molecule has 0 saturated carbocycles. The summed E-state index contributed by atoms with van der Waals surface area (Å²) in [5.41, 5.74) is 2.80. The molecule has 0 spiro atoms. The van der Waals surface area contributed by atoms with Crippen LogP contribution in [0.15, 0.2) is 54.6 Å². The SMILES string of the molecule is O=C(Nc1nc(-c2ccccc2)ns1)Nc1ccccc1N1CCCCC1. The molecule has 0 atom stereocenters. The smallest absolute Gasteiger partial charge is 0.325 e. The number of anilines is 3. The Balaban J connectivity index is 1.44. The summed E-state index contributed by atoms with van der Waals surface area (Å²) in [5, 5.41) is 6.21. The molecule has 0 unspecified atom stereocenters. The first kappa shape index (κ1) is 17.5. The lowest BCUT2D eigenvalue weighted by atomic mass is 10.1. The number of nitrogens with one attached hydrogen (secondary N) is 2. The summed E-state index contributed by atoms with van der Waals surface area (Å²) in [5.74, 6) is 0.615. The minimum Gasteiger partial charge on any atom is -0.370 e. The fourth-order valence-corrected chi connectivity index (χ4v) is 3.80. The normalized spacial score (nSPS) is 14.0. The average molecular weight is 379 g/mol. The zero-order valence-electron chi connectivity index (χ0n) is 14.9. The van der Waals surface area contributed by atoms with Crippen LogP contribution in [0.5, 0.6) is 0 Å². The summed E-state index contributed by atoms with van der Waals surface area (Å²) in [4.78, 5) is 19.2. The van der Waals surface area contributed by atoms with E-state index in [2.05, 4.69) is 31.0 Å². The first-order valence-corrected chi connectivity index (χ1v) is 9.88. The van der Waals surface area contributed by atoms with Gasteiger partial charge in [0.25, 0.3) is 0 Å². The molecule has 1 saturated heterocycles. The second kappa shape index (κ2) is 8.18. The van der Waals surface area contributed by atoms with Crippen LogP contribution in [0.25, 0.3) is 11.4 Å². The van der Waals surface area contributed by atoms with E-state index < -0.39 is 0 Å². The van der Waals surface area contributed by atoms with Crippen molar-refractivity contribution in [2.24, 2.45) is 0 Å². The topological polar surface area (TPSA) is 70.1 Å². The van der Waals surface area contributed by atoms with Crippen LogP contribution in [0.4, 0.5) is 21.3 Å². The van der Waals surface area contributed by atoms with Crippen LogP contribution < -0.4 is 15.5 Å². The van der Waals surface area contributed by atoms with Gasteiger partial charge < -0.3 is 10.2 Å². The van der Waals surface area contributed by atoms with Crippen molar-refractivity contribution >= 4 is 34.1 Å². The van der Waals surface area contributed by atoms with Crippen LogP contribution in [0, 0.1) is 0 Å². The van der Waals surface area contributed by atoms with Crippen LogP contribution >= 0.6 is 11.5 Å². The fraction of sp³-hybridized carbons (Fsp3) is 0.250. The van der Waals surface area contributed by atoms with Crippen molar-refractivity contribution in [3.63, 3.8) is 0 Å². The van der Waals surface area contributed by atoms with Crippen molar-refractivity contribution in [3.8, 4) is 11.4 Å².